The molecule has 0 saturated heterocycles. The van der Waals surface area contributed by atoms with Gasteiger partial charge in [-0.25, -0.2) is 0 Å². The Kier molecular flexibility index (Phi) is 3.94. The van der Waals surface area contributed by atoms with Crippen LogP contribution in [0.1, 0.15) is 31.2 Å². The van der Waals surface area contributed by atoms with Gasteiger partial charge in [0.15, 0.2) is 0 Å². The van der Waals surface area contributed by atoms with Gasteiger partial charge in [-0.05, 0) is 24.8 Å². The van der Waals surface area contributed by atoms with E-state index in [0.717, 1.165) is 5.69 Å². The van der Waals surface area contributed by atoms with Gasteiger partial charge in [0.1, 0.15) is 6.07 Å². The quantitative estimate of drug-likeness (QED) is 0.828. The van der Waals surface area contributed by atoms with E-state index in [2.05, 4.69) is 16.4 Å². The molecule has 2 rings (SSSR count). The Hall–Kier alpha value is -1.60. The molecule has 17 heavy (non-hydrogen) atoms. The third-order valence-electron chi connectivity index (χ3n) is 3.51. The number of pyridine rings is 1. The maximum absolute atomic E-state index is 9.02. The van der Waals surface area contributed by atoms with Gasteiger partial charge in [-0.2, -0.15) is 5.26 Å². The van der Waals surface area contributed by atoms with Crippen LogP contribution >= 0.6 is 0 Å². The molecule has 0 spiro atoms. The lowest BCUT2D eigenvalue weighted by molar-refractivity contribution is 0.462. The van der Waals surface area contributed by atoms with Gasteiger partial charge in [-0.15, -0.1) is 0 Å². The van der Waals surface area contributed by atoms with Crippen LogP contribution in [0.3, 0.4) is 0 Å². The van der Waals surface area contributed by atoms with Gasteiger partial charge in [-0.3, -0.25) is 4.98 Å². The molecule has 0 aromatic carbocycles. The number of hydrogen-bond donors (Lipinski definition) is 2. The minimum atomic E-state index is 0.258. The van der Waals surface area contributed by atoms with E-state index in [1.54, 1.807) is 18.5 Å². The Morgan fingerprint density at radius 2 is 2.29 bits per heavy atom. The predicted molar refractivity (Wildman–Crippen MR) is 67.4 cm³/mol. The van der Waals surface area contributed by atoms with E-state index < -0.39 is 0 Å². The van der Waals surface area contributed by atoms with Crippen molar-refractivity contribution < 1.29 is 0 Å². The standard InChI is InChI=1S/C13H18N4/c14-7-11-5-6-16-9-13(11)17-12(8-15)10-3-1-2-4-10/h5-6,9-10,12,17H,1-4,8,15H2. The molecule has 1 saturated carbocycles. The molecule has 0 amide bonds. The summed E-state index contributed by atoms with van der Waals surface area (Å²) in [6.07, 6.45) is 8.39. The van der Waals surface area contributed by atoms with Crippen LogP contribution in [0.15, 0.2) is 18.5 Å². The smallest absolute Gasteiger partial charge is 0.101 e. The molecule has 0 radical (unpaired) electrons. The second-order valence-electron chi connectivity index (χ2n) is 4.56. The minimum absolute atomic E-state index is 0.258. The SMILES string of the molecule is N#Cc1ccncc1NC(CN)C1CCCC1. The second kappa shape index (κ2) is 5.65. The highest BCUT2D eigenvalue weighted by molar-refractivity contribution is 5.56. The van der Waals surface area contributed by atoms with Crippen LogP contribution in [0.2, 0.25) is 0 Å². The highest BCUT2D eigenvalue weighted by Crippen LogP contribution is 2.29. The molecule has 4 nitrogen and oxygen atoms in total. The van der Waals surface area contributed by atoms with Crippen molar-refractivity contribution >= 4 is 5.69 Å². The predicted octanol–water partition coefficient (Wildman–Crippen LogP) is 1.88. The maximum Gasteiger partial charge on any atom is 0.101 e. The molecular weight excluding hydrogens is 212 g/mol. The normalized spacial score (nSPS) is 17.6. The molecule has 1 fully saturated rings. The maximum atomic E-state index is 9.02. The van der Waals surface area contributed by atoms with Crippen molar-refractivity contribution in [3.8, 4) is 6.07 Å². The number of nitrogens with zero attached hydrogens (tertiary/aromatic N) is 2. The first-order valence-electron chi connectivity index (χ1n) is 6.16. The summed E-state index contributed by atoms with van der Waals surface area (Å²) in [7, 11) is 0. The van der Waals surface area contributed by atoms with Gasteiger partial charge in [0.2, 0.25) is 0 Å². The molecule has 1 aromatic heterocycles. The number of hydrogen-bond acceptors (Lipinski definition) is 4. The number of anilines is 1. The van der Waals surface area contributed by atoms with Gasteiger partial charge >= 0.3 is 0 Å². The van der Waals surface area contributed by atoms with Crippen LogP contribution in [-0.2, 0) is 0 Å². The number of aromatic nitrogens is 1. The van der Waals surface area contributed by atoms with Crippen LogP contribution in [0, 0.1) is 17.2 Å². The summed E-state index contributed by atoms with van der Waals surface area (Å²) in [5.41, 5.74) is 7.26. The number of nitriles is 1. The Morgan fingerprint density at radius 1 is 1.53 bits per heavy atom. The molecule has 1 atom stereocenters. The van der Waals surface area contributed by atoms with E-state index in [9.17, 15) is 0 Å². The van der Waals surface area contributed by atoms with Crippen molar-refractivity contribution in [2.24, 2.45) is 11.7 Å². The summed E-state index contributed by atoms with van der Waals surface area (Å²) >= 11 is 0. The van der Waals surface area contributed by atoms with E-state index in [1.165, 1.54) is 25.7 Å². The third kappa shape index (κ3) is 2.75. The molecule has 4 heteroatoms. The van der Waals surface area contributed by atoms with Crippen molar-refractivity contribution in [3.05, 3.63) is 24.0 Å². The van der Waals surface area contributed by atoms with E-state index in [1.807, 2.05) is 0 Å². The Bertz CT molecular complexity index is 404. The molecule has 1 unspecified atom stereocenters. The molecule has 90 valence electrons. The van der Waals surface area contributed by atoms with Crippen molar-refractivity contribution in [2.75, 3.05) is 11.9 Å². The summed E-state index contributed by atoms with van der Waals surface area (Å²) in [6.45, 7) is 0.602. The Morgan fingerprint density at radius 3 is 2.94 bits per heavy atom. The van der Waals surface area contributed by atoms with Crippen molar-refractivity contribution in [3.63, 3.8) is 0 Å². The van der Waals surface area contributed by atoms with Gasteiger partial charge in [-0.1, -0.05) is 12.8 Å². The zero-order valence-electron chi connectivity index (χ0n) is 9.89. The van der Waals surface area contributed by atoms with Crippen LogP contribution in [-0.4, -0.2) is 17.6 Å². The summed E-state index contributed by atoms with van der Waals surface area (Å²) in [6, 6.07) is 4.16. The van der Waals surface area contributed by atoms with Crippen LogP contribution in [0.25, 0.3) is 0 Å². The van der Waals surface area contributed by atoms with Crippen LogP contribution < -0.4 is 11.1 Å². The van der Waals surface area contributed by atoms with Crippen molar-refractivity contribution in [2.45, 2.75) is 31.7 Å². The fraction of sp³-hybridized carbons (Fsp3) is 0.538. The highest BCUT2D eigenvalue weighted by atomic mass is 15.0. The number of nitrogens with two attached hydrogens (primary N) is 1. The summed E-state index contributed by atoms with van der Waals surface area (Å²) in [5, 5.41) is 12.4. The van der Waals surface area contributed by atoms with Crippen molar-refractivity contribution in [1.29, 1.82) is 5.26 Å². The lowest BCUT2D eigenvalue weighted by Crippen LogP contribution is -2.35. The average Bonchev–Trinajstić information content (AvgIpc) is 2.90. The lowest BCUT2D eigenvalue weighted by Gasteiger charge is -2.24. The van der Waals surface area contributed by atoms with Crippen LogP contribution in [0.5, 0.6) is 0 Å². The van der Waals surface area contributed by atoms with Gasteiger partial charge in [0.05, 0.1) is 17.4 Å². The molecular formula is C13H18N4. The Balaban J connectivity index is 2.10. The molecule has 1 aliphatic rings. The third-order valence-corrected chi connectivity index (χ3v) is 3.51. The van der Waals surface area contributed by atoms with Gasteiger partial charge in [0.25, 0.3) is 0 Å². The van der Waals surface area contributed by atoms with Gasteiger partial charge < -0.3 is 11.1 Å². The molecule has 1 aliphatic carbocycles. The number of rotatable bonds is 4. The second-order valence-corrected chi connectivity index (χ2v) is 4.56. The van der Waals surface area contributed by atoms with Crippen molar-refractivity contribution in [1.82, 2.24) is 4.98 Å². The molecule has 1 aromatic rings. The zero-order valence-corrected chi connectivity index (χ0v) is 9.89. The zero-order chi connectivity index (χ0) is 12.1. The fourth-order valence-corrected chi connectivity index (χ4v) is 2.54. The van der Waals surface area contributed by atoms with E-state index in [-0.39, 0.29) is 6.04 Å². The largest absolute Gasteiger partial charge is 0.378 e. The van der Waals surface area contributed by atoms with E-state index >= 15 is 0 Å². The highest BCUT2D eigenvalue weighted by Gasteiger charge is 2.24. The Labute approximate surface area is 102 Å². The first-order valence-corrected chi connectivity index (χ1v) is 6.16. The lowest BCUT2D eigenvalue weighted by atomic mass is 9.98. The minimum Gasteiger partial charge on any atom is -0.378 e. The fourth-order valence-electron chi connectivity index (χ4n) is 2.54. The summed E-state index contributed by atoms with van der Waals surface area (Å²) < 4.78 is 0. The average molecular weight is 230 g/mol. The monoisotopic (exact) mass is 230 g/mol. The molecule has 0 aliphatic heterocycles. The topological polar surface area (TPSA) is 74.7 Å². The summed E-state index contributed by atoms with van der Waals surface area (Å²) in [4.78, 5) is 4.05. The molecule has 1 heterocycles. The van der Waals surface area contributed by atoms with Gasteiger partial charge in [0, 0.05) is 18.8 Å². The van der Waals surface area contributed by atoms with Crippen LogP contribution in [0.4, 0.5) is 5.69 Å². The summed E-state index contributed by atoms with van der Waals surface area (Å²) in [5.74, 6) is 0.631. The van der Waals surface area contributed by atoms with E-state index in [0.29, 0.717) is 18.0 Å². The van der Waals surface area contributed by atoms with E-state index in [4.69, 9.17) is 11.0 Å². The molecule has 0 bridgehead atoms. The first-order chi connectivity index (χ1) is 8.35. The number of nitrogens with one attached hydrogen (secondary N) is 1. The molecule has 3 N–H and O–H groups in total. The first kappa shape index (κ1) is 11.9.